The molecule has 0 fully saturated rings. The Hall–Kier alpha value is -1.92. The van der Waals surface area contributed by atoms with E-state index in [0.717, 1.165) is 12.0 Å². The number of carbonyl (C=O) groups is 1. The molecule has 2 rings (SSSR count). The first-order chi connectivity index (χ1) is 11.5. The van der Waals surface area contributed by atoms with Crippen molar-refractivity contribution in [2.45, 2.75) is 39.9 Å². The van der Waals surface area contributed by atoms with E-state index in [0.29, 0.717) is 23.4 Å². The number of hydrogen-bond acceptors (Lipinski definition) is 6. The average Bonchev–Trinajstić information content (AvgIpc) is 3.01. The normalized spacial score (nSPS) is 12.4. The molecule has 0 spiro atoms. The average molecular weight is 353 g/mol. The third-order valence-electron chi connectivity index (χ3n) is 3.28. The Morgan fingerprint density at radius 2 is 2.12 bits per heavy atom. The number of carbonyl (C=O) groups excluding carboxylic acids is 1. The van der Waals surface area contributed by atoms with Crippen molar-refractivity contribution in [1.82, 2.24) is 10.1 Å². The van der Waals surface area contributed by atoms with Gasteiger partial charge in [0, 0.05) is 17.2 Å². The van der Waals surface area contributed by atoms with Gasteiger partial charge in [-0.1, -0.05) is 42.7 Å². The van der Waals surface area contributed by atoms with Crippen LogP contribution in [0.15, 0.2) is 28.8 Å². The molecule has 24 heavy (non-hydrogen) atoms. The van der Waals surface area contributed by atoms with Crippen molar-refractivity contribution >= 4 is 17.6 Å². The molecule has 0 saturated heterocycles. The molecule has 2 aromatic rings. The summed E-state index contributed by atoms with van der Waals surface area (Å²) in [5.74, 6) is 0.676. The molecule has 0 aliphatic carbocycles. The lowest BCUT2D eigenvalue weighted by Crippen LogP contribution is -2.24. The minimum Gasteiger partial charge on any atom is -0.454 e. The fourth-order valence-electron chi connectivity index (χ4n) is 1.86. The van der Waals surface area contributed by atoms with Crippen LogP contribution in [0.2, 0.25) is 5.02 Å². The van der Waals surface area contributed by atoms with Crippen molar-refractivity contribution < 1.29 is 18.8 Å². The van der Waals surface area contributed by atoms with Crippen LogP contribution in [0, 0.1) is 5.92 Å². The highest BCUT2D eigenvalue weighted by molar-refractivity contribution is 6.30. The van der Waals surface area contributed by atoms with Crippen LogP contribution in [-0.2, 0) is 20.9 Å². The van der Waals surface area contributed by atoms with Crippen LogP contribution in [0.3, 0.4) is 0 Å². The number of halogens is 1. The van der Waals surface area contributed by atoms with Gasteiger partial charge in [0.05, 0.1) is 0 Å². The van der Waals surface area contributed by atoms with Gasteiger partial charge in [0.15, 0.2) is 12.7 Å². The summed E-state index contributed by atoms with van der Waals surface area (Å²) >= 11 is 5.93. The lowest BCUT2D eigenvalue weighted by molar-refractivity contribution is -0.158. The predicted octanol–water partition coefficient (Wildman–Crippen LogP) is 3.88. The second-order valence-corrected chi connectivity index (χ2v) is 6.26. The minimum atomic E-state index is -0.626. The van der Waals surface area contributed by atoms with Gasteiger partial charge in [-0.2, -0.15) is 4.98 Å². The Morgan fingerprint density at radius 3 is 2.83 bits per heavy atom. The third kappa shape index (κ3) is 5.62. The first-order valence-corrected chi connectivity index (χ1v) is 8.20. The van der Waals surface area contributed by atoms with E-state index in [9.17, 15) is 4.79 Å². The molecular formula is C17H21ClN2O4. The molecule has 130 valence electrons. The first-order valence-electron chi connectivity index (χ1n) is 7.82. The van der Waals surface area contributed by atoms with Gasteiger partial charge in [0.1, 0.15) is 0 Å². The quantitative estimate of drug-likeness (QED) is 0.671. The summed E-state index contributed by atoms with van der Waals surface area (Å²) in [7, 11) is 0. The van der Waals surface area contributed by atoms with Crippen molar-refractivity contribution in [1.29, 1.82) is 0 Å². The minimum absolute atomic E-state index is 0.0930. The number of esters is 1. The summed E-state index contributed by atoms with van der Waals surface area (Å²) in [5.41, 5.74) is 0.731. The zero-order valence-electron chi connectivity index (χ0n) is 14.0. The molecule has 0 bridgehead atoms. The molecule has 0 N–H and O–H groups in total. The van der Waals surface area contributed by atoms with Gasteiger partial charge in [-0.3, -0.25) is 0 Å². The summed E-state index contributed by atoms with van der Waals surface area (Å²) in [6, 6.07) is 7.10. The van der Waals surface area contributed by atoms with Gasteiger partial charge in [0.2, 0.25) is 5.82 Å². The number of nitrogens with zero attached hydrogens (tertiary/aromatic N) is 2. The summed E-state index contributed by atoms with van der Waals surface area (Å²) in [6.45, 7) is 6.28. The highest BCUT2D eigenvalue weighted by Crippen LogP contribution is 2.20. The van der Waals surface area contributed by atoms with Gasteiger partial charge in [-0.05, 0) is 31.4 Å². The molecule has 0 aliphatic heterocycles. The van der Waals surface area contributed by atoms with Crippen LogP contribution in [0.4, 0.5) is 0 Å². The van der Waals surface area contributed by atoms with Gasteiger partial charge in [0.25, 0.3) is 5.89 Å². The molecule has 6 nitrogen and oxygen atoms in total. The smallest absolute Gasteiger partial charge is 0.335 e. The summed E-state index contributed by atoms with van der Waals surface area (Å²) in [5, 5.41) is 4.43. The highest BCUT2D eigenvalue weighted by atomic mass is 35.5. The number of ether oxygens (including phenoxy) is 2. The fourth-order valence-corrected chi connectivity index (χ4v) is 2.05. The summed E-state index contributed by atoms with van der Waals surface area (Å²) in [4.78, 5) is 16.0. The Balaban J connectivity index is 1.83. The topological polar surface area (TPSA) is 74.5 Å². The molecule has 0 radical (unpaired) electrons. The molecule has 0 amide bonds. The van der Waals surface area contributed by atoms with Crippen LogP contribution < -0.4 is 0 Å². The van der Waals surface area contributed by atoms with Crippen LogP contribution in [-0.4, -0.2) is 28.8 Å². The monoisotopic (exact) mass is 352 g/mol. The maximum Gasteiger partial charge on any atom is 0.335 e. The Bertz CT molecular complexity index is 672. The second-order valence-electron chi connectivity index (χ2n) is 5.83. The van der Waals surface area contributed by atoms with E-state index < -0.39 is 12.1 Å². The third-order valence-corrected chi connectivity index (χ3v) is 3.52. The van der Waals surface area contributed by atoms with Gasteiger partial charge >= 0.3 is 5.97 Å². The lowest BCUT2D eigenvalue weighted by atomic mass is 10.1. The van der Waals surface area contributed by atoms with Crippen LogP contribution in [0.1, 0.15) is 33.1 Å². The zero-order valence-corrected chi connectivity index (χ0v) is 14.7. The summed E-state index contributed by atoms with van der Waals surface area (Å²) in [6.07, 6.45) is 0.267. The van der Waals surface area contributed by atoms with Gasteiger partial charge in [-0.25, -0.2) is 4.79 Å². The van der Waals surface area contributed by atoms with Crippen molar-refractivity contribution in [2.24, 2.45) is 5.92 Å². The number of rotatable bonds is 8. The standard InChI is InChI=1S/C17H21ClN2O4/c1-11(2)7-8-22-12(3)17(21)23-10-15-19-16(20-24-15)13-5-4-6-14(18)9-13/h4-6,9,11-12H,7-8,10H2,1-3H3. The molecular weight excluding hydrogens is 332 g/mol. The maximum absolute atomic E-state index is 11.9. The largest absolute Gasteiger partial charge is 0.454 e. The molecule has 1 aromatic heterocycles. The van der Waals surface area contributed by atoms with Crippen molar-refractivity contribution in [3.05, 3.63) is 35.2 Å². The van der Waals surface area contributed by atoms with E-state index in [4.69, 9.17) is 25.6 Å². The van der Waals surface area contributed by atoms with Crippen LogP contribution in [0.25, 0.3) is 11.4 Å². The van der Waals surface area contributed by atoms with E-state index in [1.165, 1.54) is 0 Å². The Morgan fingerprint density at radius 1 is 1.33 bits per heavy atom. The molecule has 0 saturated carbocycles. The maximum atomic E-state index is 11.9. The SMILES string of the molecule is CC(C)CCOC(C)C(=O)OCc1nc(-c2cccc(Cl)c2)no1. The van der Waals surface area contributed by atoms with E-state index in [-0.39, 0.29) is 12.5 Å². The number of benzene rings is 1. The van der Waals surface area contributed by atoms with E-state index in [1.54, 1.807) is 25.1 Å². The second kappa shape index (κ2) is 8.80. The molecule has 0 aliphatic rings. The van der Waals surface area contributed by atoms with Crippen molar-refractivity contribution in [3.8, 4) is 11.4 Å². The molecule has 1 heterocycles. The van der Waals surface area contributed by atoms with Crippen molar-refractivity contribution in [2.75, 3.05) is 6.61 Å². The molecule has 7 heteroatoms. The van der Waals surface area contributed by atoms with Crippen molar-refractivity contribution in [3.63, 3.8) is 0 Å². The van der Waals surface area contributed by atoms with Gasteiger partial charge in [-0.15, -0.1) is 0 Å². The first kappa shape index (κ1) is 18.4. The fraction of sp³-hybridized carbons (Fsp3) is 0.471. The molecule has 1 unspecified atom stereocenters. The lowest BCUT2D eigenvalue weighted by Gasteiger charge is -2.12. The molecule has 1 aromatic carbocycles. The Labute approximate surface area is 146 Å². The number of aromatic nitrogens is 2. The van der Waals surface area contributed by atoms with E-state index >= 15 is 0 Å². The van der Waals surface area contributed by atoms with Crippen LogP contribution in [0.5, 0.6) is 0 Å². The Kier molecular flexibility index (Phi) is 6.75. The zero-order chi connectivity index (χ0) is 17.5. The number of hydrogen-bond donors (Lipinski definition) is 0. The highest BCUT2D eigenvalue weighted by Gasteiger charge is 2.17. The summed E-state index contributed by atoms with van der Waals surface area (Å²) < 4.78 is 15.6. The van der Waals surface area contributed by atoms with Gasteiger partial charge < -0.3 is 14.0 Å². The van der Waals surface area contributed by atoms with E-state index in [2.05, 4.69) is 24.0 Å². The molecule has 1 atom stereocenters. The predicted molar refractivity (Wildman–Crippen MR) is 89.4 cm³/mol. The van der Waals surface area contributed by atoms with E-state index in [1.807, 2.05) is 6.07 Å². The van der Waals surface area contributed by atoms with Crippen LogP contribution >= 0.6 is 11.6 Å².